The summed E-state index contributed by atoms with van der Waals surface area (Å²) in [6.07, 6.45) is 0. The van der Waals surface area contributed by atoms with E-state index >= 15 is 0 Å². The fraction of sp³-hybridized carbons (Fsp3) is 0.333. The predicted octanol–water partition coefficient (Wildman–Crippen LogP) is 1.87. The molecular formula is C21H22N2O6S. The van der Waals surface area contributed by atoms with Crippen LogP contribution in [0.2, 0.25) is 0 Å². The highest BCUT2D eigenvalue weighted by atomic mass is 32.1. The molecule has 30 heavy (non-hydrogen) atoms. The first-order valence-corrected chi connectivity index (χ1v) is 9.80. The van der Waals surface area contributed by atoms with Crippen LogP contribution in [0.1, 0.15) is 31.1 Å². The van der Waals surface area contributed by atoms with Crippen molar-refractivity contribution >= 4 is 47.1 Å². The first-order chi connectivity index (χ1) is 14.1. The van der Waals surface area contributed by atoms with E-state index in [4.69, 9.17) is 4.74 Å². The number of β-lactam (4-membered cyclic amide) rings is 2. The number of fused-ring (bicyclic) bond motifs is 1. The maximum Gasteiger partial charge on any atom is 0.328 e. The van der Waals surface area contributed by atoms with Gasteiger partial charge in [0.25, 0.3) is 17.7 Å². The van der Waals surface area contributed by atoms with Gasteiger partial charge in [-0.1, -0.05) is 30.3 Å². The standard InChI is InChI=1S/C21H22N2O6S/c1-4-29-13-10-9-11-7-5-6-8-12(11)14(13)17(24)22-15-18(25)23(19(15)26)16(20(27)28)21(2,3)30/h5-10,15-16,30H,4H2,1-3H3,(H,22,24)(H,27,28)/t16-/m0/s1. The van der Waals surface area contributed by atoms with Crippen molar-refractivity contribution in [2.24, 2.45) is 0 Å². The second-order valence-electron chi connectivity index (χ2n) is 7.44. The van der Waals surface area contributed by atoms with Crippen LogP contribution in [0.25, 0.3) is 10.8 Å². The third kappa shape index (κ3) is 3.72. The maximum absolute atomic E-state index is 13.0. The molecule has 1 aliphatic heterocycles. The van der Waals surface area contributed by atoms with Crippen LogP contribution in [0.15, 0.2) is 36.4 Å². The molecule has 0 aromatic heterocycles. The average Bonchev–Trinajstić information content (AvgIpc) is 2.68. The molecule has 1 heterocycles. The van der Waals surface area contributed by atoms with Crippen molar-refractivity contribution in [1.29, 1.82) is 0 Å². The fourth-order valence-corrected chi connectivity index (χ4v) is 3.72. The molecule has 0 bridgehead atoms. The average molecular weight is 430 g/mol. The summed E-state index contributed by atoms with van der Waals surface area (Å²) in [5.74, 6) is -3.26. The van der Waals surface area contributed by atoms with E-state index in [0.29, 0.717) is 22.6 Å². The van der Waals surface area contributed by atoms with E-state index in [1.165, 1.54) is 13.8 Å². The van der Waals surface area contributed by atoms with E-state index < -0.39 is 40.5 Å². The Bertz CT molecular complexity index is 1030. The smallest absolute Gasteiger partial charge is 0.328 e. The van der Waals surface area contributed by atoms with Gasteiger partial charge in [-0.2, -0.15) is 12.6 Å². The number of thiol groups is 1. The summed E-state index contributed by atoms with van der Waals surface area (Å²) < 4.78 is 4.40. The molecule has 0 radical (unpaired) electrons. The molecule has 1 saturated heterocycles. The zero-order chi connectivity index (χ0) is 22.2. The highest BCUT2D eigenvalue weighted by Gasteiger charge is 2.56. The molecule has 1 fully saturated rings. The van der Waals surface area contributed by atoms with E-state index in [1.54, 1.807) is 25.1 Å². The molecule has 0 spiro atoms. The van der Waals surface area contributed by atoms with Crippen LogP contribution >= 0.6 is 12.6 Å². The summed E-state index contributed by atoms with van der Waals surface area (Å²) in [5.41, 5.74) is 0.207. The van der Waals surface area contributed by atoms with E-state index in [1.807, 2.05) is 18.2 Å². The Morgan fingerprint density at radius 2 is 1.83 bits per heavy atom. The largest absolute Gasteiger partial charge is 0.493 e. The van der Waals surface area contributed by atoms with Gasteiger partial charge in [0, 0.05) is 4.75 Å². The number of carbonyl (C=O) groups excluding carboxylic acids is 3. The number of hydrogen-bond acceptors (Lipinski definition) is 6. The Balaban J connectivity index is 1.89. The van der Waals surface area contributed by atoms with Crippen molar-refractivity contribution in [2.45, 2.75) is 37.6 Å². The molecule has 2 aromatic carbocycles. The number of likely N-dealkylation sites (tertiary alicyclic amines) is 1. The van der Waals surface area contributed by atoms with Gasteiger partial charge in [-0.25, -0.2) is 4.79 Å². The lowest BCUT2D eigenvalue weighted by atomic mass is 9.94. The molecule has 3 rings (SSSR count). The first kappa shape index (κ1) is 21.6. The van der Waals surface area contributed by atoms with E-state index in [0.717, 1.165) is 5.39 Å². The predicted molar refractivity (Wildman–Crippen MR) is 113 cm³/mol. The van der Waals surface area contributed by atoms with Crippen LogP contribution in [0.5, 0.6) is 5.75 Å². The van der Waals surface area contributed by atoms with Gasteiger partial charge in [0.2, 0.25) is 0 Å². The zero-order valence-electron chi connectivity index (χ0n) is 16.7. The van der Waals surface area contributed by atoms with Crippen LogP contribution in [0.3, 0.4) is 0 Å². The van der Waals surface area contributed by atoms with Gasteiger partial charge in [0.1, 0.15) is 5.75 Å². The molecule has 3 amide bonds. The Labute approximate surface area is 178 Å². The molecule has 1 atom stereocenters. The van der Waals surface area contributed by atoms with Gasteiger partial charge < -0.3 is 15.2 Å². The number of nitrogens with one attached hydrogen (secondary N) is 1. The molecule has 8 nitrogen and oxygen atoms in total. The molecule has 0 unspecified atom stereocenters. The van der Waals surface area contributed by atoms with Gasteiger partial charge in [-0.3, -0.25) is 19.3 Å². The lowest BCUT2D eigenvalue weighted by Crippen LogP contribution is -2.74. The topological polar surface area (TPSA) is 113 Å². The number of ether oxygens (including phenoxy) is 1. The third-order valence-corrected chi connectivity index (χ3v) is 5.07. The molecular weight excluding hydrogens is 408 g/mol. The minimum Gasteiger partial charge on any atom is -0.493 e. The first-order valence-electron chi connectivity index (χ1n) is 9.35. The number of rotatable bonds is 7. The van der Waals surface area contributed by atoms with Crippen LogP contribution in [0, 0.1) is 0 Å². The molecule has 0 aliphatic carbocycles. The van der Waals surface area contributed by atoms with Crippen LogP contribution < -0.4 is 10.1 Å². The highest BCUT2D eigenvalue weighted by molar-refractivity contribution is 7.81. The summed E-state index contributed by atoms with van der Waals surface area (Å²) in [4.78, 5) is 50.4. The summed E-state index contributed by atoms with van der Waals surface area (Å²) in [5, 5.41) is 13.3. The van der Waals surface area contributed by atoms with Gasteiger partial charge in [-0.05, 0) is 37.6 Å². The van der Waals surface area contributed by atoms with Gasteiger partial charge in [0.15, 0.2) is 12.1 Å². The van der Waals surface area contributed by atoms with Gasteiger partial charge in [0.05, 0.1) is 12.2 Å². The molecule has 0 saturated carbocycles. The van der Waals surface area contributed by atoms with Crippen molar-refractivity contribution in [3.8, 4) is 5.75 Å². The summed E-state index contributed by atoms with van der Waals surface area (Å²) in [6.45, 7) is 5.08. The minimum atomic E-state index is -1.46. The highest BCUT2D eigenvalue weighted by Crippen LogP contribution is 2.31. The Morgan fingerprint density at radius 1 is 1.20 bits per heavy atom. The number of nitrogens with zero attached hydrogens (tertiary/aromatic N) is 1. The number of benzene rings is 2. The fourth-order valence-electron chi connectivity index (χ4n) is 3.50. The van der Waals surface area contributed by atoms with Crippen LogP contribution in [-0.2, 0) is 14.4 Å². The Kier molecular flexibility index (Phi) is 5.76. The molecule has 1 aliphatic rings. The summed E-state index contributed by atoms with van der Waals surface area (Å²) >= 11 is 4.20. The van der Waals surface area contributed by atoms with E-state index in [9.17, 15) is 24.3 Å². The number of carboxylic acids is 1. The van der Waals surface area contributed by atoms with Crippen molar-refractivity contribution in [3.63, 3.8) is 0 Å². The summed E-state index contributed by atoms with van der Waals surface area (Å²) in [7, 11) is 0. The second kappa shape index (κ2) is 7.98. The number of carbonyl (C=O) groups is 4. The molecule has 9 heteroatoms. The molecule has 158 valence electrons. The molecule has 2 aromatic rings. The Morgan fingerprint density at radius 3 is 2.40 bits per heavy atom. The van der Waals surface area contributed by atoms with E-state index in [-0.39, 0.29) is 5.56 Å². The summed E-state index contributed by atoms with van der Waals surface area (Å²) in [6, 6.07) is 7.72. The maximum atomic E-state index is 13.0. The van der Waals surface area contributed by atoms with E-state index in [2.05, 4.69) is 17.9 Å². The molecule has 2 N–H and O–H groups in total. The lowest BCUT2D eigenvalue weighted by molar-refractivity contribution is -0.171. The van der Waals surface area contributed by atoms with Crippen molar-refractivity contribution in [2.75, 3.05) is 6.61 Å². The number of hydrogen-bond donors (Lipinski definition) is 3. The van der Waals surface area contributed by atoms with Gasteiger partial charge in [-0.15, -0.1) is 0 Å². The monoisotopic (exact) mass is 430 g/mol. The van der Waals surface area contributed by atoms with Gasteiger partial charge >= 0.3 is 5.97 Å². The normalized spacial score (nSPS) is 15.7. The number of aliphatic carboxylic acids is 1. The zero-order valence-corrected chi connectivity index (χ0v) is 17.6. The number of imide groups is 1. The SMILES string of the molecule is CCOc1ccc2ccccc2c1C(=O)NC1C(=O)N([C@@H](C(=O)O)C(C)(C)S)C1=O. The van der Waals surface area contributed by atoms with Crippen LogP contribution in [0.4, 0.5) is 0 Å². The van der Waals surface area contributed by atoms with Crippen LogP contribution in [-0.4, -0.2) is 57.1 Å². The number of carboxylic acid groups (broad SMARTS) is 1. The lowest BCUT2D eigenvalue weighted by Gasteiger charge is -2.43. The Hall–Kier alpha value is -3.07. The van der Waals surface area contributed by atoms with Crippen molar-refractivity contribution in [1.82, 2.24) is 10.2 Å². The quantitative estimate of drug-likeness (QED) is 0.351. The van der Waals surface area contributed by atoms with Crippen molar-refractivity contribution in [3.05, 3.63) is 42.0 Å². The number of amides is 3. The third-order valence-electron chi connectivity index (χ3n) is 4.82. The minimum absolute atomic E-state index is 0.207. The second-order valence-corrected chi connectivity index (χ2v) is 8.59. The van der Waals surface area contributed by atoms with Crippen molar-refractivity contribution < 1.29 is 29.0 Å².